The molecule has 138 valence electrons. The van der Waals surface area contributed by atoms with Gasteiger partial charge in [-0.1, -0.05) is 20.8 Å². The van der Waals surface area contributed by atoms with Gasteiger partial charge in [-0.2, -0.15) is 0 Å². The Morgan fingerprint density at radius 1 is 1.12 bits per heavy atom. The Morgan fingerprint density at radius 2 is 1.84 bits per heavy atom. The Bertz CT molecular complexity index is 587. The van der Waals surface area contributed by atoms with E-state index in [0.717, 1.165) is 24.8 Å². The van der Waals surface area contributed by atoms with Gasteiger partial charge in [-0.25, -0.2) is 9.97 Å². The Labute approximate surface area is 151 Å². The quantitative estimate of drug-likeness (QED) is 0.910. The highest BCUT2D eigenvalue weighted by Gasteiger charge is 2.35. The highest BCUT2D eigenvalue weighted by atomic mass is 16.1. The van der Waals surface area contributed by atoms with Crippen LogP contribution < -0.4 is 10.2 Å². The molecule has 2 fully saturated rings. The van der Waals surface area contributed by atoms with E-state index in [1.54, 1.807) is 19.4 Å². The maximum absolute atomic E-state index is 11.6. The molecule has 1 atom stereocenters. The smallest absolute Gasteiger partial charge is 0.271 e. The van der Waals surface area contributed by atoms with Crippen LogP contribution in [0, 0.1) is 11.3 Å². The molecule has 1 aromatic rings. The molecule has 1 N–H and O–H groups in total. The monoisotopic (exact) mass is 345 g/mol. The van der Waals surface area contributed by atoms with E-state index in [4.69, 9.17) is 0 Å². The normalized spacial score (nSPS) is 23.0. The molecule has 2 aliphatic heterocycles. The third kappa shape index (κ3) is 4.11. The summed E-state index contributed by atoms with van der Waals surface area (Å²) in [7, 11) is 1.60. The fraction of sp³-hybridized carbons (Fsp3) is 0.737. The Hall–Kier alpha value is -1.69. The number of nitrogens with one attached hydrogen (secondary N) is 1. The fourth-order valence-corrected chi connectivity index (χ4v) is 4.02. The number of amides is 1. The van der Waals surface area contributed by atoms with Crippen molar-refractivity contribution < 1.29 is 4.79 Å². The SMILES string of the molecule is CNC(=O)c1cnc(N2CCC(N3CCC(C(C)(C)C)C3)CC2)cn1. The first kappa shape index (κ1) is 18.1. The average molecular weight is 345 g/mol. The van der Waals surface area contributed by atoms with Crippen molar-refractivity contribution in [2.75, 3.05) is 38.1 Å². The van der Waals surface area contributed by atoms with Crippen LogP contribution in [0.15, 0.2) is 12.4 Å². The van der Waals surface area contributed by atoms with E-state index in [1.807, 2.05) is 0 Å². The molecule has 1 amide bonds. The summed E-state index contributed by atoms with van der Waals surface area (Å²) in [4.78, 5) is 25.2. The second-order valence-electron chi connectivity index (χ2n) is 8.40. The molecule has 3 rings (SSSR count). The topological polar surface area (TPSA) is 61.4 Å². The summed E-state index contributed by atoms with van der Waals surface area (Å²) in [5, 5.41) is 2.57. The summed E-state index contributed by atoms with van der Waals surface area (Å²) in [6, 6.07) is 0.696. The number of anilines is 1. The van der Waals surface area contributed by atoms with Crippen molar-refractivity contribution in [2.45, 2.75) is 46.1 Å². The van der Waals surface area contributed by atoms with Gasteiger partial charge < -0.3 is 10.2 Å². The molecule has 0 bridgehead atoms. The molecule has 6 nitrogen and oxygen atoms in total. The van der Waals surface area contributed by atoms with E-state index in [9.17, 15) is 4.79 Å². The number of carbonyl (C=O) groups is 1. The third-order valence-electron chi connectivity index (χ3n) is 5.85. The number of aromatic nitrogens is 2. The lowest BCUT2D eigenvalue weighted by Crippen LogP contribution is -2.44. The van der Waals surface area contributed by atoms with Crippen LogP contribution in [-0.2, 0) is 0 Å². The summed E-state index contributed by atoms with van der Waals surface area (Å²) in [6.07, 6.45) is 6.96. The van der Waals surface area contributed by atoms with Crippen LogP contribution in [0.2, 0.25) is 0 Å². The summed E-state index contributed by atoms with van der Waals surface area (Å²) < 4.78 is 0. The first-order valence-electron chi connectivity index (χ1n) is 9.41. The van der Waals surface area contributed by atoms with Crippen LogP contribution in [0.5, 0.6) is 0 Å². The van der Waals surface area contributed by atoms with Crippen molar-refractivity contribution in [3.8, 4) is 0 Å². The fourth-order valence-electron chi connectivity index (χ4n) is 4.02. The van der Waals surface area contributed by atoms with E-state index >= 15 is 0 Å². The first-order valence-corrected chi connectivity index (χ1v) is 9.41. The van der Waals surface area contributed by atoms with Crippen LogP contribution in [0.4, 0.5) is 5.82 Å². The number of piperidine rings is 1. The van der Waals surface area contributed by atoms with Crippen LogP contribution in [-0.4, -0.2) is 60.0 Å². The van der Waals surface area contributed by atoms with Gasteiger partial charge in [0, 0.05) is 32.7 Å². The standard InChI is InChI=1S/C19H31N5O/c1-19(2,3)14-5-8-24(13-14)15-6-9-23(10-7-15)17-12-21-16(11-22-17)18(25)20-4/h11-12,14-15H,5-10,13H2,1-4H3,(H,20,25). The highest BCUT2D eigenvalue weighted by molar-refractivity contribution is 5.91. The van der Waals surface area contributed by atoms with E-state index in [2.05, 4.69) is 45.9 Å². The van der Waals surface area contributed by atoms with E-state index in [-0.39, 0.29) is 5.91 Å². The van der Waals surface area contributed by atoms with Crippen LogP contribution in [0.1, 0.15) is 50.5 Å². The average Bonchev–Trinajstić information content (AvgIpc) is 3.12. The predicted octanol–water partition coefficient (Wildman–Crippen LogP) is 2.17. The molecule has 0 aliphatic carbocycles. The number of hydrogen-bond donors (Lipinski definition) is 1. The van der Waals surface area contributed by atoms with Crippen LogP contribution in [0.25, 0.3) is 0 Å². The minimum absolute atomic E-state index is 0.194. The van der Waals surface area contributed by atoms with Gasteiger partial charge in [0.25, 0.3) is 5.91 Å². The molecular formula is C19H31N5O. The Kier molecular flexibility index (Phi) is 5.27. The van der Waals surface area contributed by atoms with E-state index in [1.165, 1.54) is 32.4 Å². The predicted molar refractivity (Wildman–Crippen MR) is 99.8 cm³/mol. The molecule has 3 heterocycles. The molecule has 2 aliphatic rings. The largest absolute Gasteiger partial charge is 0.355 e. The molecule has 1 unspecified atom stereocenters. The number of carbonyl (C=O) groups excluding carboxylic acids is 1. The molecule has 25 heavy (non-hydrogen) atoms. The summed E-state index contributed by atoms with van der Waals surface area (Å²) in [6.45, 7) is 11.6. The molecule has 0 aromatic carbocycles. The lowest BCUT2D eigenvalue weighted by Gasteiger charge is -2.37. The Morgan fingerprint density at radius 3 is 2.36 bits per heavy atom. The van der Waals surface area contributed by atoms with Crippen molar-refractivity contribution in [1.29, 1.82) is 0 Å². The van der Waals surface area contributed by atoms with Gasteiger partial charge in [0.05, 0.1) is 12.4 Å². The molecular weight excluding hydrogens is 314 g/mol. The van der Waals surface area contributed by atoms with Crippen molar-refractivity contribution in [3.05, 3.63) is 18.1 Å². The zero-order chi connectivity index (χ0) is 18.0. The summed E-state index contributed by atoms with van der Waals surface area (Å²) in [5.74, 6) is 1.49. The van der Waals surface area contributed by atoms with Gasteiger partial charge in [-0.15, -0.1) is 0 Å². The van der Waals surface area contributed by atoms with Crippen molar-refractivity contribution >= 4 is 11.7 Å². The third-order valence-corrected chi connectivity index (χ3v) is 5.85. The molecule has 2 saturated heterocycles. The maximum atomic E-state index is 11.6. The molecule has 1 aromatic heterocycles. The van der Waals surface area contributed by atoms with Gasteiger partial charge in [-0.05, 0) is 37.1 Å². The lowest BCUT2D eigenvalue weighted by atomic mass is 9.80. The van der Waals surface area contributed by atoms with E-state index < -0.39 is 0 Å². The summed E-state index contributed by atoms with van der Waals surface area (Å²) in [5.41, 5.74) is 0.781. The zero-order valence-corrected chi connectivity index (χ0v) is 16.0. The van der Waals surface area contributed by atoms with Gasteiger partial charge >= 0.3 is 0 Å². The van der Waals surface area contributed by atoms with Crippen LogP contribution in [0.3, 0.4) is 0 Å². The number of rotatable bonds is 3. The van der Waals surface area contributed by atoms with Gasteiger partial charge in [0.15, 0.2) is 0 Å². The summed E-state index contributed by atoms with van der Waals surface area (Å²) >= 11 is 0. The first-order chi connectivity index (χ1) is 11.9. The number of likely N-dealkylation sites (tertiary alicyclic amines) is 1. The second kappa shape index (κ2) is 7.28. The van der Waals surface area contributed by atoms with Crippen molar-refractivity contribution in [2.24, 2.45) is 11.3 Å². The zero-order valence-electron chi connectivity index (χ0n) is 16.0. The highest BCUT2D eigenvalue weighted by Crippen LogP contribution is 2.35. The minimum atomic E-state index is -0.194. The number of nitrogens with zero attached hydrogens (tertiary/aromatic N) is 4. The molecule has 0 saturated carbocycles. The number of hydrogen-bond acceptors (Lipinski definition) is 5. The minimum Gasteiger partial charge on any atom is -0.355 e. The van der Waals surface area contributed by atoms with Gasteiger partial charge in [0.1, 0.15) is 11.5 Å². The second-order valence-corrected chi connectivity index (χ2v) is 8.40. The van der Waals surface area contributed by atoms with Crippen molar-refractivity contribution in [3.63, 3.8) is 0 Å². The molecule has 0 radical (unpaired) electrons. The maximum Gasteiger partial charge on any atom is 0.271 e. The molecule has 0 spiro atoms. The van der Waals surface area contributed by atoms with Crippen LogP contribution >= 0.6 is 0 Å². The van der Waals surface area contributed by atoms with Gasteiger partial charge in [-0.3, -0.25) is 9.69 Å². The lowest BCUT2D eigenvalue weighted by molar-refractivity contribution is 0.0958. The van der Waals surface area contributed by atoms with Gasteiger partial charge in [0.2, 0.25) is 0 Å². The van der Waals surface area contributed by atoms with Crippen molar-refractivity contribution in [1.82, 2.24) is 20.2 Å². The van der Waals surface area contributed by atoms with E-state index in [0.29, 0.717) is 17.2 Å². The molecule has 6 heteroatoms. The Balaban J connectivity index is 1.53.